The third-order valence-electron chi connectivity index (χ3n) is 1.86. The molecule has 0 aliphatic heterocycles. The van der Waals surface area contributed by atoms with Crippen molar-refractivity contribution in [3.63, 3.8) is 0 Å². The van der Waals surface area contributed by atoms with Crippen LogP contribution in [0.15, 0.2) is 31.1 Å². The van der Waals surface area contributed by atoms with E-state index in [1.54, 1.807) is 12.4 Å². The summed E-state index contributed by atoms with van der Waals surface area (Å²) in [4.78, 5) is 8.21. The zero-order chi connectivity index (χ0) is 9.84. The maximum absolute atomic E-state index is 4.28. The van der Waals surface area contributed by atoms with Gasteiger partial charge in [0.15, 0.2) is 5.82 Å². The summed E-state index contributed by atoms with van der Waals surface area (Å²) in [6, 6.07) is 3.96. The van der Waals surface area contributed by atoms with Gasteiger partial charge in [0.25, 0.3) is 0 Å². The molecule has 13 heavy (non-hydrogen) atoms. The SMILES string of the molecule is C=CN(C)c1ncccc1N(C)C. The molecule has 0 aliphatic carbocycles. The van der Waals surface area contributed by atoms with Crippen LogP contribution in [0.5, 0.6) is 0 Å². The van der Waals surface area contributed by atoms with E-state index in [9.17, 15) is 0 Å². The molecule has 0 saturated carbocycles. The quantitative estimate of drug-likeness (QED) is 0.701. The third-order valence-corrected chi connectivity index (χ3v) is 1.86. The largest absolute Gasteiger partial charge is 0.375 e. The van der Waals surface area contributed by atoms with Crippen molar-refractivity contribution in [2.75, 3.05) is 30.9 Å². The summed E-state index contributed by atoms with van der Waals surface area (Å²) in [6.07, 6.45) is 3.53. The van der Waals surface area contributed by atoms with E-state index < -0.39 is 0 Å². The molecule has 0 saturated heterocycles. The van der Waals surface area contributed by atoms with Crippen LogP contribution in [0.3, 0.4) is 0 Å². The van der Waals surface area contributed by atoms with Crippen LogP contribution < -0.4 is 9.80 Å². The van der Waals surface area contributed by atoms with Gasteiger partial charge in [-0.3, -0.25) is 0 Å². The number of hydrogen-bond acceptors (Lipinski definition) is 3. The van der Waals surface area contributed by atoms with Crippen molar-refractivity contribution in [1.82, 2.24) is 4.98 Å². The highest BCUT2D eigenvalue weighted by molar-refractivity contribution is 5.66. The Balaban J connectivity index is 3.11. The average molecular weight is 177 g/mol. The molecule has 0 fully saturated rings. The van der Waals surface area contributed by atoms with E-state index in [0.717, 1.165) is 11.5 Å². The zero-order valence-corrected chi connectivity index (χ0v) is 8.36. The average Bonchev–Trinajstić information content (AvgIpc) is 2.16. The van der Waals surface area contributed by atoms with Crippen LogP contribution in [-0.4, -0.2) is 26.1 Å². The number of rotatable bonds is 3. The molecular formula is C10H15N3. The highest BCUT2D eigenvalue weighted by Gasteiger charge is 2.06. The Hall–Kier alpha value is -1.51. The number of pyridine rings is 1. The van der Waals surface area contributed by atoms with E-state index in [4.69, 9.17) is 0 Å². The topological polar surface area (TPSA) is 19.4 Å². The monoisotopic (exact) mass is 177 g/mol. The van der Waals surface area contributed by atoms with Crippen LogP contribution in [0.25, 0.3) is 0 Å². The molecule has 1 aromatic heterocycles. The van der Waals surface area contributed by atoms with E-state index >= 15 is 0 Å². The van der Waals surface area contributed by atoms with Crippen molar-refractivity contribution in [2.24, 2.45) is 0 Å². The molecule has 0 spiro atoms. The summed E-state index contributed by atoms with van der Waals surface area (Å²) in [7, 11) is 5.93. The van der Waals surface area contributed by atoms with Crippen molar-refractivity contribution >= 4 is 11.5 Å². The third kappa shape index (κ3) is 1.99. The molecule has 0 radical (unpaired) electrons. The minimum Gasteiger partial charge on any atom is -0.375 e. The summed E-state index contributed by atoms with van der Waals surface area (Å²) in [6.45, 7) is 3.70. The molecule has 0 N–H and O–H groups in total. The lowest BCUT2D eigenvalue weighted by atomic mass is 10.3. The number of anilines is 2. The van der Waals surface area contributed by atoms with Gasteiger partial charge in [0.05, 0.1) is 5.69 Å². The van der Waals surface area contributed by atoms with Crippen molar-refractivity contribution in [3.05, 3.63) is 31.1 Å². The molecule has 0 unspecified atom stereocenters. The van der Waals surface area contributed by atoms with Crippen molar-refractivity contribution in [1.29, 1.82) is 0 Å². The first-order chi connectivity index (χ1) is 6.16. The van der Waals surface area contributed by atoms with Crippen LogP contribution in [0.4, 0.5) is 11.5 Å². The van der Waals surface area contributed by atoms with Crippen molar-refractivity contribution in [2.45, 2.75) is 0 Å². The lowest BCUT2D eigenvalue weighted by Gasteiger charge is -2.21. The highest BCUT2D eigenvalue weighted by atomic mass is 15.2. The summed E-state index contributed by atoms with van der Waals surface area (Å²) in [5.74, 6) is 0.919. The summed E-state index contributed by atoms with van der Waals surface area (Å²) in [5.41, 5.74) is 1.09. The van der Waals surface area contributed by atoms with Crippen LogP contribution in [-0.2, 0) is 0 Å². The predicted octanol–water partition coefficient (Wildman–Crippen LogP) is 1.73. The molecule has 1 rings (SSSR count). The second-order valence-corrected chi connectivity index (χ2v) is 3.03. The molecule has 0 atom stereocenters. The van der Waals surface area contributed by atoms with Crippen LogP contribution in [0, 0.1) is 0 Å². The smallest absolute Gasteiger partial charge is 0.155 e. The molecule has 0 bridgehead atoms. The summed E-state index contributed by atoms with van der Waals surface area (Å²) in [5, 5.41) is 0. The van der Waals surface area contributed by atoms with E-state index in [1.807, 2.05) is 43.1 Å². The Bertz CT molecular complexity index is 294. The lowest BCUT2D eigenvalue weighted by Crippen LogP contribution is -2.16. The van der Waals surface area contributed by atoms with E-state index in [2.05, 4.69) is 11.6 Å². The van der Waals surface area contributed by atoms with E-state index in [1.165, 1.54) is 0 Å². The zero-order valence-electron chi connectivity index (χ0n) is 8.36. The maximum atomic E-state index is 4.28. The van der Waals surface area contributed by atoms with Gasteiger partial charge in [-0.1, -0.05) is 6.58 Å². The maximum Gasteiger partial charge on any atom is 0.155 e. The van der Waals surface area contributed by atoms with Gasteiger partial charge in [-0.25, -0.2) is 4.98 Å². The Labute approximate surface area is 79.3 Å². The molecule has 0 aromatic carbocycles. The number of nitrogens with zero attached hydrogens (tertiary/aromatic N) is 3. The van der Waals surface area contributed by atoms with Crippen molar-refractivity contribution < 1.29 is 0 Å². The predicted molar refractivity (Wildman–Crippen MR) is 57.2 cm³/mol. The first kappa shape index (κ1) is 9.58. The fourth-order valence-electron chi connectivity index (χ4n) is 1.10. The second-order valence-electron chi connectivity index (χ2n) is 3.03. The molecule has 70 valence electrons. The van der Waals surface area contributed by atoms with Crippen molar-refractivity contribution in [3.8, 4) is 0 Å². The highest BCUT2D eigenvalue weighted by Crippen LogP contribution is 2.23. The molecule has 1 aromatic rings. The molecule has 3 heteroatoms. The molecule has 0 aliphatic rings. The summed E-state index contributed by atoms with van der Waals surface area (Å²) < 4.78 is 0. The number of hydrogen-bond donors (Lipinski definition) is 0. The molecule has 0 amide bonds. The fourth-order valence-corrected chi connectivity index (χ4v) is 1.10. The van der Waals surface area contributed by atoms with E-state index in [0.29, 0.717) is 0 Å². The van der Waals surface area contributed by atoms with Crippen LogP contribution in [0.1, 0.15) is 0 Å². The number of aromatic nitrogens is 1. The first-order valence-corrected chi connectivity index (χ1v) is 4.14. The van der Waals surface area contributed by atoms with Gasteiger partial charge in [-0.15, -0.1) is 0 Å². The lowest BCUT2D eigenvalue weighted by molar-refractivity contribution is 1.06. The Morgan fingerprint density at radius 2 is 2.08 bits per heavy atom. The molecular weight excluding hydrogens is 162 g/mol. The van der Waals surface area contributed by atoms with Gasteiger partial charge in [0.1, 0.15) is 0 Å². The van der Waals surface area contributed by atoms with Gasteiger partial charge in [0.2, 0.25) is 0 Å². The van der Waals surface area contributed by atoms with Gasteiger partial charge in [0, 0.05) is 27.3 Å². The molecule has 3 nitrogen and oxygen atoms in total. The van der Waals surface area contributed by atoms with E-state index in [-0.39, 0.29) is 0 Å². The second kappa shape index (κ2) is 3.94. The Kier molecular flexibility index (Phi) is 2.90. The van der Waals surface area contributed by atoms with Gasteiger partial charge in [-0.2, -0.15) is 0 Å². The standard InChI is InChI=1S/C10H15N3/c1-5-13(4)10-9(12(2)3)7-6-8-11-10/h5-8H,1H2,2-4H3. The van der Waals surface area contributed by atoms with Crippen LogP contribution in [0.2, 0.25) is 0 Å². The van der Waals surface area contributed by atoms with Gasteiger partial charge < -0.3 is 9.80 Å². The van der Waals surface area contributed by atoms with Gasteiger partial charge in [-0.05, 0) is 18.3 Å². The Morgan fingerprint density at radius 1 is 1.38 bits per heavy atom. The summed E-state index contributed by atoms with van der Waals surface area (Å²) >= 11 is 0. The Morgan fingerprint density at radius 3 is 2.62 bits per heavy atom. The van der Waals surface area contributed by atoms with Gasteiger partial charge >= 0.3 is 0 Å². The first-order valence-electron chi connectivity index (χ1n) is 4.14. The fraction of sp³-hybridized carbons (Fsp3) is 0.300. The minimum atomic E-state index is 0.919. The molecule has 1 heterocycles. The normalized spacial score (nSPS) is 9.46. The minimum absolute atomic E-state index is 0.919. The van der Waals surface area contributed by atoms with Crippen LogP contribution >= 0.6 is 0 Å².